The van der Waals surface area contributed by atoms with Crippen LogP contribution in [0.25, 0.3) is 0 Å². The Labute approximate surface area is 406 Å². The van der Waals surface area contributed by atoms with Gasteiger partial charge in [0, 0.05) is 19.3 Å². The van der Waals surface area contributed by atoms with Crippen molar-refractivity contribution < 1.29 is 28.6 Å². The fraction of sp³-hybridized carbons (Fsp3) is 0.949. The molecule has 3 atom stereocenters. The molecule has 0 spiro atoms. The molecule has 65 heavy (non-hydrogen) atoms. The molecule has 386 valence electrons. The molecule has 0 saturated heterocycles. The molecule has 6 nitrogen and oxygen atoms in total. The Morgan fingerprint density at radius 3 is 0.800 bits per heavy atom. The Hall–Kier alpha value is -1.59. The number of ether oxygens (including phenoxy) is 3. The molecule has 0 fully saturated rings. The molecule has 0 saturated carbocycles. The number of carbonyl (C=O) groups is 3. The van der Waals surface area contributed by atoms with Gasteiger partial charge in [0.25, 0.3) is 0 Å². The smallest absolute Gasteiger partial charge is 0.306 e. The van der Waals surface area contributed by atoms with Gasteiger partial charge in [-0.05, 0) is 31.1 Å². The van der Waals surface area contributed by atoms with Gasteiger partial charge in [0.15, 0.2) is 6.10 Å². The minimum absolute atomic E-state index is 0.0629. The summed E-state index contributed by atoms with van der Waals surface area (Å²) in [5, 5.41) is 0. The van der Waals surface area contributed by atoms with Crippen LogP contribution < -0.4 is 0 Å². The summed E-state index contributed by atoms with van der Waals surface area (Å²) >= 11 is 0. The largest absolute Gasteiger partial charge is 0.462 e. The summed E-state index contributed by atoms with van der Waals surface area (Å²) in [6, 6.07) is 0. The van der Waals surface area contributed by atoms with Gasteiger partial charge in [-0.25, -0.2) is 0 Å². The highest BCUT2D eigenvalue weighted by Crippen LogP contribution is 2.19. The molecule has 0 aliphatic heterocycles. The van der Waals surface area contributed by atoms with Crippen molar-refractivity contribution in [3.05, 3.63) is 0 Å². The van der Waals surface area contributed by atoms with Crippen LogP contribution >= 0.6 is 0 Å². The lowest BCUT2D eigenvalue weighted by molar-refractivity contribution is -0.167. The Bertz CT molecular complexity index is 997. The quantitative estimate of drug-likeness (QED) is 0.0344. The van der Waals surface area contributed by atoms with Crippen LogP contribution in [0.2, 0.25) is 0 Å². The van der Waals surface area contributed by atoms with E-state index >= 15 is 0 Å². The van der Waals surface area contributed by atoms with Crippen molar-refractivity contribution in [2.75, 3.05) is 13.2 Å². The minimum Gasteiger partial charge on any atom is -0.462 e. The number of hydrogen-bond acceptors (Lipinski definition) is 6. The molecule has 0 rings (SSSR count). The molecule has 0 aromatic heterocycles. The average Bonchev–Trinajstić information content (AvgIpc) is 3.30. The summed E-state index contributed by atoms with van der Waals surface area (Å²) < 4.78 is 16.9. The fourth-order valence-corrected chi connectivity index (χ4v) is 8.99. The van der Waals surface area contributed by atoms with Gasteiger partial charge in [-0.3, -0.25) is 14.4 Å². The molecule has 0 aliphatic carbocycles. The molecule has 0 aromatic carbocycles. The lowest BCUT2D eigenvalue weighted by atomic mass is 9.99. The van der Waals surface area contributed by atoms with Crippen molar-refractivity contribution >= 4 is 17.9 Å². The van der Waals surface area contributed by atoms with Crippen molar-refractivity contribution in [3.8, 4) is 0 Å². The second kappa shape index (κ2) is 51.8. The first-order chi connectivity index (χ1) is 31.8. The first-order valence-corrected chi connectivity index (χ1v) is 29.3. The summed E-state index contributed by atoms with van der Waals surface area (Å²) in [6.07, 6.45) is 55.2. The Kier molecular flexibility index (Phi) is 50.5. The molecule has 0 N–H and O–H groups in total. The summed E-state index contributed by atoms with van der Waals surface area (Å²) in [6.45, 7) is 11.5. The molecule has 6 heteroatoms. The lowest BCUT2D eigenvalue weighted by Gasteiger charge is -2.18. The van der Waals surface area contributed by atoms with E-state index in [-0.39, 0.29) is 31.1 Å². The van der Waals surface area contributed by atoms with Gasteiger partial charge in [0.2, 0.25) is 0 Å². The van der Waals surface area contributed by atoms with E-state index in [0.717, 1.165) is 69.6 Å². The topological polar surface area (TPSA) is 78.9 Å². The van der Waals surface area contributed by atoms with Crippen molar-refractivity contribution in [2.45, 2.75) is 336 Å². The Morgan fingerprint density at radius 2 is 0.538 bits per heavy atom. The van der Waals surface area contributed by atoms with Crippen molar-refractivity contribution in [1.82, 2.24) is 0 Å². The summed E-state index contributed by atoms with van der Waals surface area (Å²) in [5.41, 5.74) is 0. The molecule has 0 bridgehead atoms. The van der Waals surface area contributed by atoms with Gasteiger partial charge in [0.1, 0.15) is 13.2 Å². The van der Waals surface area contributed by atoms with E-state index in [1.165, 1.54) is 218 Å². The summed E-state index contributed by atoms with van der Waals surface area (Å²) in [7, 11) is 0. The van der Waals surface area contributed by atoms with Crippen LogP contribution in [-0.4, -0.2) is 37.2 Å². The van der Waals surface area contributed by atoms with Crippen molar-refractivity contribution in [3.63, 3.8) is 0 Å². The monoisotopic (exact) mass is 919 g/mol. The van der Waals surface area contributed by atoms with E-state index in [1.807, 2.05) is 0 Å². The van der Waals surface area contributed by atoms with E-state index < -0.39 is 6.10 Å². The zero-order valence-electron chi connectivity index (χ0n) is 44.6. The van der Waals surface area contributed by atoms with Crippen LogP contribution in [0.1, 0.15) is 330 Å². The predicted octanol–water partition coefficient (Wildman–Crippen LogP) is 19.3. The Morgan fingerprint density at radius 1 is 0.308 bits per heavy atom. The zero-order valence-corrected chi connectivity index (χ0v) is 44.6. The Balaban J connectivity index is 4.22. The van der Waals surface area contributed by atoms with Gasteiger partial charge >= 0.3 is 17.9 Å². The highest BCUT2D eigenvalue weighted by molar-refractivity contribution is 5.71. The van der Waals surface area contributed by atoms with E-state index in [4.69, 9.17) is 14.2 Å². The van der Waals surface area contributed by atoms with Crippen LogP contribution in [0.5, 0.6) is 0 Å². The predicted molar refractivity (Wildman–Crippen MR) is 280 cm³/mol. The first kappa shape index (κ1) is 63.4. The van der Waals surface area contributed by atoms with Crippen LogP contribution in [0.4, 0.5) is 0 Å². The molecule has 0 aromatic rings. The minimum atomic E-state index is -0.762. The van der Waals surface area contributed by atoms with Gasteiger partial charge in [-0.1, -0.05) is 291 Å². The SMILES string of the molecule is CCCCCCCCCCCCCCCC(=O)O[C@H](COC(=O)CCCCCCCCCCCCCCCCCCCCC(C)CC)COC(=O)CCCCCCCCCCC(C)CC. The van der Waals surface area contributed by atoms with Gasteiger partial charge in [-0.2, -0.15) is 0 Å². The van der Waals surface area contributed by atoms with Crippen molar-refractivity contribution in [1.29, 1.82) is 0 Å². The molecular formula is C59H114O6. The number of rotatable bonds is 53. The number of carbonyl (C=O) groups excluding carboxylic acids is 3. The number of hydrogen-bond donors (Lipinski definition) is 0. The van der Waals surface area contributed by atoms with Crippen LogP contribution in [0, 0.1) is 11.8 Å². The van der Waals surface area contributed by atoms with Gasteiger partial charge in [-0.15, -0.1) is 0 Å². The molecule has 0 aliphatic rings. The second-order valence-corrected chi connectivity index (χ2v) is 20.8. The van der Waals surface area contributed by atoms with Crippen LogP contribution in [-0.2, 0) is 28.6 Å². The van der Waals surface area contributed by atoms with Crippen molar-refractivity contribution in [2.24, 2.45) is 11.8 Å². The maximum Gasteiger partial charge on any atom is 0.306 e. The molecule has 0 heterocycles. The fourth-order valence-electron chi connectivity index (χ4n) is 8.99. The highest BCUT2D eigenvalue weighted by atomic mass is 16.6. The molecular weight excluding hydrogens is 805 g/mol. The third-order valence-electron chi connectivity index (χ3n) is 14.2. The maximum absolute atomic E-state index is 12.8. The molecule has 0 amide bonds. The van der Waals surface area contributed by atoms with E-state index in [2.05, 4.69) is 34.6 Å². The van der Waals surface area contributed by atoms with Gasteiger partial charge in [0.05, 0.1) is 0 Å². The zero-order chi connectivity index (χ0) is 47.5. The van der Waals surface area contributed by atoms with E-state index in [0.29, 0.717) is 19.3 Å². The molecule has 0 radical (unpaired) electrons. The molecule has 2 unspecified atom stereocenters. The van der Waals surface area contributed by atoms with E-state index in [1.54, 1.807) is 0 Å². The standard InChI is InChI=1S/C59H114O6/c1-6-9-10-11-12-13-14-21-26-29-36-41-46-51-59(62)65-56(53-64-58(61)50-45-40-35-31-30-33-38-43-48-55(5)8-3)52-63-57(60)49-44-39-34-28-25-23-20-18-16-15-17-19-22-24-27-32-37-42-47-54(4)7-2/h54-56H,6-53H2,1-5H3/t54?,55?,56-/m1/s1. The summed E-state index contributed by atoms with van der Waals surface area (Å²) in [4.78, 5) is 38.1. The third-order valence-corrected chi connectivity index (χ3v) is 14.2. The third kappa shape index (κ3) is 50.1. The average molecular weight is 920 g/mol. The number of unbranched alkanes of at least 4 members (excludes halogenated alkanes) is 36. The first-order valence-electron chi connectivity index (χ1n) is 29.3. The summed E-state index contributed by atoms with van der Waals surface area (Å²) in [5.74, 6) is 0.917. The normalized spacial score (nSPS) is 12.9. The highest BCUT2D eigenvalue weighted by Gasteiger charge is 2.19. The van der Waals surface area contributed by atoms with Gasteiger partial charge < -0.3 is 14.2 Å². The number of esters is 3. The second-order valence-electron chi connectivity index (χ2n) is 20.8. The van der Waals surface area contributed by atoms with Crippen LogP contribution in [0.15, 0.2) is 0 Å². The van der Waals surface area contributed by atoms with E-state index in [9.17, 15) is 14.4 Å². The lowest BCUT2D eigenvalue weighted by Crippen LogP contribution is -2.30. The maximum atomic E-state index is 12.8. The van der Waals surface area contributed by atoms with Crippen LogP contribution in [0.3, 0.4) is 0 Å².